The number of hydrogen-bond acceptors (Lipinski definition) is 6. The second kappa shape index (κ2) is 9.34. The molecule has 29 heavy (non-hydrogen) atoms. The van der Waals surface area contributed by atoms with E-state index in [1.165, 1.54) is 17.0 Å². The molecule has 0 amide bonds. The molecule has 1 unspecified atom stereocenters. The van der Waals surface area contributed by atoms with Crippen LogP contribution in [-0.4, -0.2) is 69.2 Å². The van der Waals surface area contributed by atoms with E-state index in [1.807, 2.05) is 24.3 Å². The van der Waals surface area contributed by atoms with Gasteiger partial charge in [0.1, 0.15) is 17.7 Å². The highest BCUT2D eigenvalue weighted by atomic mass is 32.2. The molecular weight excluding hydrogens is 389 g/mol. The molecule has 7 heteroatoms. The van der Waals surface area contributed by atoms with Gasteiger partial charge in [-0.25, -0.2) is 8.70 Å². The molecule has 1 atom stereocenters. The summed E-state index contributed by atoms with van der Waals surface area (Å²) in [5, 5.41) is 0. The maximum Gasteiger partial charge on any atom is 0.125 e. The Bertz CT molecular complexity index is 812. The van der Waals surface area contributed by atoms with E-state index < -0.39 is 0 Å². The molecule has 1 fully saturated rings. The van der Waals surface area contributed by atoms with Gasteiger partial charge in [0.05, 0.1) is 7.11 Å². The molecule has 0 aromatic heterocycles. The first kappa shape index (κ1) is 20.5. The number of halogens is 1. The Morgan fingerprint density at radius 2 is 1.76 bits per heavy atom. The van der Waals surface area contributed by atoms with Crippen LogP contribution in [0, 0.1) is 5.82 Å². The van der Waals surface area contributed by atoms with Crippen LogP contribution < -0.4 is 9.64 Å². The van der Waals surface area contributed by atoms with Gasteiger partial charge in [-0.2, -0.15) is 0 Å². The van der Waals surface area contributed by atoms with E-state index in [1.54, 1.807) is 26.2 Å². The number of hydrogen-bond donors (Lipinski definition) is 0. The molecule has 0 spiro atoms. The SMILES string of the molecule is COc1cccc2c1C(OC)CN(CCN1CCN(c3ccc(F)cc3)CC1)S2. The summed E-state index contributed by atoms with van der Waals surface area (Å²) in [6.07, 6.45) is 0.0257. The standard InChI is InChI=1S/C22H28FN3O2S/c1-27-19-4-3-5-21-22(19)20(28-2)16-26(29-21)15-12-24-10-13-25(14-11-24)18-8-6-17(23)7-9-18/h3-9,20H,10-16H2,1-2H3. The largest absolute Gasteiger partial charge is 0.496 e. The van der Waals surface area contributed by atoms with Crippen molar-refractivity contribution in [2.45, 2.75) is 11.0 Å². The van der Waals surface area contributed by atoms with E-state index in [4.69, 9.17) is 9.47 Å². The van der Waals surface area contributed by atoms with Crippen LogP contribution >= 0.6 is 11.9 Å². The number of piperazine rings is 1. The average Bonchev–Trinajstić information content (AvgIpc) is 2.77. The van der Waals surface area contributed by atoms with Gasteiger partial charge < -0.3 is 14.4 Å². The lowest BCUT2D eigenvalue weighted by Crippen LogP contribution is -2.48. The van der Waals surface area contributed by atoms with Gasteiger partial charge >= 0.3 is 0 Å². The zero-order chi connectivity index (χ0) is 20.2. The van der Waals surface area contributed by atoms with Gasteiger partial charge in [-0.05, 0) is 48.3 Å². The molecule has 5 nitrogen and oxygen atoms in total. The minimum atomic E-state index is -0.181. The van der Waals surface area contributed by atoms with Crippen molar-refractivity contribution in [2.24, 2.45) is 0 Å². The number of methoxy groups -OCH3 is 2. The van der Waals surface area contributed by atoms with Crippen LogP contribution in [0.3, 0.4) is 0 Å². The lowest BCUT2D eigenvalue weighted by molar-refractivity contribution is 0.0770. The molecule has 156 valence electrons. The van der Waals surface area contributed by atoms with Crippen LogP contribution in [0.4, 0.5) is 10.1 Å². The maximum atomic E-state index is 13.1. The molecule has 0 radical (unpaired) electrons. The van der Waals surface area contributed by atoms with E-state index in [9.17, 15) is 4.39 Å². The van der Waals surface area contributed by atoms with Crippen molar-refractivity contribution in [3.8, 4) is 5.75 Å². The van der Waals surface area contributed by atoms with Crippen LogP contribution in [0.5, 0.6) is 5.75 Å². The molecule has 2 heterocycles. The van der Waals surface area contributed by atoms with Crippen molar-refractivity contribution in [3.05, 3.63) is 53.8 Å². The van der Waals surface area contributed by atoms with Crippen molar-refractivity contribution in [1.29, 1.82) is 0 Å². The molecule has 2 aliphatic rings. The highest BCUT2D eigenvalue weighted by Gasteiger charge is 2.29. The Balaban J connectivity index is 1.30. The maximum absolute atomic E-state index is 13.1. The van der Waals surface area contributed by atoms with Gasteiger partial charge in [-0.3, -0.25) is 4.90 Å². The first-order chi connectivity index (χ1) is 14.2. The van der Waals surface area contributed by atoms with Crippen LogP contribution in [0.1, 0.15) is 11.7 Å². The van der Waals surface area contributed by atoms with Gasteiger partial charge in [-0.15, -0.1) is 0 Å². The summed E-state index contributed by atoms with van der Waals surface area (Å²) in [5.41, 5.74) is 2.26. The summed E-state index contributed by atoms with van der Waals surface area (Å²) in [5.74, 6) is 0.721. The fourth-order valence-electron chi connectivity index (χ4n) is 4.02. The molecule has 1 saturated heterocycles. The minimum absolute atomic E-state index is 0.0257. The fourth-order valence-corrected chi connectivity index (χ4v) is 5.15. The molecule has 0 saturated carbocycles. The molecule has 2 aromatic carbocycles. The third-order valence-electron chi connectivity index (χ3n) is 5.68. The van der Waals surface area contributed by atoms with Crippen molar-refractivity contribution >= 4 is 17.6 Å². The minimum Gasteiger partial charge on any atom is -0.496 e. The Labute approximate surface area is 176 Å². The van der Waals surface area contributed by atoms with Crippen LogP contribution in [0.25, 0.3) is 0 Å². The summed E-state index contributed by atoms with van der Waals surface area (Å²) in [6.45, 7) is 6.85. The van der Waals surface area contributed by atoms with E-state index in [0.717, 1.165) is 62.8 Å². The second-order valence-electron chi connectivity index (χ2n) is 7.38. The van der Waals surface area contributed by atoms with Crippen molar-refractivity contribution in [1.82, 2.24) is 9.21 Å². The summed E-state index contributed by atoms with van der Waals surface area (Å²) in [4.78, 5) is 6.04. The zero-order valence-corrected chi connectivity index (χ0v) is 17.8. The predicted molar refractivity (Wildman–Crippen MR) is 115 cm³/mol. The van der Waals surface area contributed by atoms with Gasteiger partial charge in [0.15, 0.2) is 0 Å². The highest BCUT2D eigenvalue weighted by molar-refractivity contribution is 7.97. The van der Waals surface area contributed by atoms with Crippen molar-refractivity contribution in [3.63, 3.8) is 0 Å². The third kappa shape index (κ3) is 4.69. The van der Waals surface area contributed by atoms with E-state index >= 15 is 0 Å². The second-order valence-corrected chi connectivity index (χ2v) is 8.52. The van der Waals surface area contributed by atoms with Crippen molar-refractivity contribution < 1.29 is 13.9 Å². The molecule has 0 N–H and O–H groups in total. The number of ether oxygens (including phenoxy) is 2. The van der Waals surface area contributed by atoms with Gasteiger partial charge in [-0.1, -0.05) is 6.07 Å². The van der Waals surface area contributed by atoms with Crippen LogP contribution in [0.15, 0.2) is 47.4 Å². The monoisotopic (exact) mass is 417 g/mol. The van der Waals surface area contributed by atoms with Gasteiger partial charge in [0.2, 0.25) is 0 Å². The Morgan fingerprint density at radius 3 is 2.45 bits per heavy atom. The normalized spacial score (nSPS) is 20.5. The number of anilines is 1. The number of benzene rings is 2. The lowest BCUT2D eigenvalue weighted by Gasteiger charge is -2.38. The number of rotatable bonds is 6. The molecule has 4 rings (SSSR count). The molecule has 0 bridgehead atoms. The molecule has 2 aliphatic heterocycles. The fraction of sp³-hybridized carbons (Fsp3) is 0.455. The highest BCUT2D eigenvalue weighted by Crippen LogP contribution is 2.42. The summed E-state index contributed by atoms with van der Waals surface area (Å²) >= 11 is 1.79. The average molecular weight is 418 g/mol. The van der Waals surface area contributed by atoms with E-state index in [-0.39, 0.29) is 11.9 Å². The van der Waals surface area contributed by atoms with Gasteiger partial charge in [0, 0.05) is 69.1 Å². The number of fused-ring (bicyclic) bond motifs is 1. The topological polar surface area (TPSA) is 28.2 Å². The summed E-state index contributed by atoms with van der Waals surface area (Å²) < 4.78 is 26.8. The van der Waals surface area contributed by atoms with Crippen LogP contribution in [-0.2, 0) is 4.74 Å². The summed E-state index contributed by atoms with van der Waals surface area (Å²) in [7, 11) is 3.48. The first-order valence-corrected chi connectivity index (χ1v) is 10.8. The molecular formula is C22H28FN3O2S. The molecule has 0 aliphatic carbocycles. The molecule has 2 aromatic rings. The zero-order valence-electron chi connectivity index (χ0n) is 17.0. The van der Waals surface area contributed by atoms with Crippen LogP contribution in [0.2, 0.25) is 0 Å². The van der Waals surface area contributed by atoms with Crippen molar-refractivity contribution in [2.75, 3.05) is 64.9 Å². The predicted octanol–water partition coefficient (Wildman–Crippen LogP) is 3.67. The van der Waals surface area contributed by atoms with E-state index in [0.29, 0.717) is 0 Å². The quantitative estimate of drug-likeness (QED) is 0.666. The third-order valence-corrected chi connectivity index (χ3v) is 6.82. The van der Waals surface area contributed by atoms with Gasteiger partial charge in [0.25, 0.3) is 0 Å². The smallest absolute Gasteiger partial charge is 0.125 e. The Kier molecular flexibility index (Phi) is 6.60. The van der Waals surface area contributed by atoms with E-state index in [2.05, 4.69) is 20.2 Å². The first-order valence-electron chi connectivity index (χ1n) is 10.0. The lowest BCUT2D eigenvalue weighted by atomic mass is 10.1. The Hall–Kier alpha value is -1.80. The number of nitrogens with zero attached hydrogens (tertiary/aromatic N) is 3. The summed E-state index contributed by atoms with van der Waals surface area (Å²) in [6, 6.07) is 13.0. The Morgan fingerprint density at radius 1 is 1.00 bits per heavy atom.